The highest BCUT2D eigenvalue weighted by atomic mass is 35.5. The Balaban J connectivity index is 1.85. The number of para-hydroxylation sites is 2. The second kappa shape index (κ2) is 5.81. The van der Waals surface area contributed by atoms with Crippen LogP contribution in [0.15, 0.2) is 53.4 Å². The molecule has 0 bridgehead atoms. The maximum absolute atomic E-state index is 6.42. The van der Waals surface area contributed by atoms with E-state index in [1.54, 1.807) is 11.8 Å². The van der Waals surface area contributed by atoms with Crippen LogP contribution >= 0.6 is 23.4 Å². The quantitative estimate of drug-likeness (QED) is 0.652. The second-order valence-corrected chi connectivity index (χ2v) is 5.74. The molecule has 20 heavy (non-hydrogen) atoms. The fourth-order valence-electron chi connectivity index (χ4n) is 2.26. The van der Waals surface area contributed by atoms with Crippen LogP contribution in [0.4, 0.5) is 5.69 Å². The van der Waals surface area contributed by atoms with Crippen LogP contribution in [0.5, 0.6) is 0 Å². The highest BCUT2D eigenvalue weighted by Crippen LogP contribution is 2.29. The smallest absolute Gasteiger partial charge is 0.0710 e. The van der Waals surface area contributed by atoms with Gasteiger partial charge in [0.15, 0.2) is 0 Å². The molecule has 2 N–H and O–H groups in total. The molecule has 0 radical (unpaired) electrons. The predicted octanol–water partition coefficient (Wildman–Crippen LogP) is 5.16. The number of aromatic amines is 1. The minimum absolute atomic E-state index is 0.686. The molecule has 0 aliphatic rings. The van der Waals surface area contributed by atoms with Crippen molar-refractivity contribution in [3.8, 4) is 0 Å². The summed E-state index contributed by atoms with van der Waals surface area (Å²) in [7, 11) is 0. The van der Waals surface area contributed by atoms with Crippen molar-refractivity contribution >= 4 is 40.0 Å². The van der Waals surface area contributed by atoms with E-state index in [1.165, 1.54) is 4.90 Å². The van der Waals surface area contributed by atoms with Crippen molar-refractivity contribution in [2.45, 2.75) is 11.4 Å². The van der Waals surface area contributed by atoms with Gasteiger partial charge < -0.3 is 10.3 Å². The summed E-state index contributed by atoms with van der Waals surface area (Å²) in [5.74, 6) is 0. The third kappa shape index (κ3) is 2.51. The molecule has 2 aromatic carbocycles. The minimum atomic E-state index is 0.686. The van der Waals surface area contributed by atoms with Crippen LogP contribution in [0.1, 0.15) is 5.69 Å². The lowest BCUT2D eigenvalue weighted by atomic mass is 10.2. The Bertz CT molecular complexity index is 736. The number of fused-ring (bicyclic) bond motifs is 1. The summed E-state index contributed by atoms with van der Waals surface area (Å²) in [5.41, 5.74) is 3.23. The van der Waals surface area contributed by atoms with E-state index >= 15 is 0 Å². The zero-order chi connectivity index (χ0) is 13.9. The van der Waals surface area contributed by atoms with Gasteiger partial charge in [0.1, 0.15) is 0 Å². The lowest BCUT2D eigenvalue weighted by molar-refractivity contribution is 1.07. The van der Waals surface area contributed by atoms with E-state index in [0.717, 1.165) is 27.3 Å². The van der Waals surface area contributed by atoms with E-state index < -0.39 is 0 Å². The number of benzene rings is 2. The summed E-state index contributed by atoms with van der Waals surface area (Å²) in [4.78, 5) is 4.61. The van der Waals surface area contributed by atoms with Gasteiger partial charge in [-0.1, -0.05) is 41.9 Å². The van der Waals surface area contributed by atoms with E-state index in [4.69, 9.17) is 11.6 Å². The number of hydrogen-bond acceptors (Lipinski definition) is 2. The first-order valence-corrected chi connectivity index (χ1v) is 8.02. The number of thioether (sulfide) groups is 1. The first kappa shape index (κ1) is 13.4. The molecule has 1 heterocycles. The van der Waals surface area contributed by atoms with Crippen molar-refractivity contribution < 1.29 is 0 Å². The predicted molar refractivity (Wildman–Crippen MR) is 88.9 cm³/mol. The van der Waals surface area contributed by atoms with Gasteiger partial charge in [0, 0.05) is 21.5 Å². The molecule has 4 heteroatoms. The number of aromatic nitrogens is 1. The molecule has 1 aromatic heterocycles. The Morgan fingerprint density at radius 2 is 1.85 bits per heavy atom. The fraction of sp³-hybridized carbons (Fsp3) is 0.125. The summed E-state index contributed by atoms with van der Waals surface area (Å²) in [5, 5.41) is 5.32. The Morgan fingerprint density at radius 3 is 2.65 bits per heavy atom. The van der Waals surface area contributed by atoms with Gasteiger partial charge >= 0.3 is 0 Å². The van der Waals surface area contributed by atoms with Gasteiger partial charge in [-0.25, -0.2) is 0 Å². The molecule has 0 unspecified atom stereocenters. The summed E-state index contributed by atoms with van der Waals surface area (Å²) < 4.78 is 0. The van der Waals surface area contributed by atoms with E-state index in [2.05, 4.69) is 28.7 Å². The van der Waals surface area contributed by atoms with E-state index in [-0.39, 0.29) is 0 Å². The van der Waals surface area contributed by atoms with Crippen LogP contribution < -0.4 is 5.32 Å². The summed E-state index contributed by atoms with van der Waals surface area (Å²) in [6.07, 6.45) is 2.08. The molecule has 0 spiro atoms. The number of nitrogens with one attached hydrogen (secondary N) is 2. The topological polar surface area (TPSA) is 27.8 Å². The van der Waals surface area contributed by atoms with Gasteiger partial charge in [-0.05, 0) is 24.5 Å². The highest BCUT2D eigenvalue weighted by Gasteiger charge is 2.09. The molecule has 0 aliphatic heterocycles. The Labute approximate surface area is 127 Å². The number of anilines is 1. The maximum Gasteiger partial charge on any atom is 0.0710 e. The second-order valence-electron chi connectivity index (χ2n) is 4.52. The monoisotopic (exact) mass is 302 g/mol. The summed E-state index contributed by atoms with van der Waals surface area (Å²) in [6.45, 7) is 0.686. The molecule has 0 atom stereocenters. The van der Waals surface area contributed by atoms with Gasteiger partial charge in [-0.3, -0.25) is 0 Å². The van der Waals surface area contributed by atoms with Crippen molar-refractivity contribution in [1.29, 1.82) is 0 Å². The number of halogens is 1. The van der Waals surface area contributed by atoms with Crippen LogP contribution in [0.25, 0.3) is 10.9 Å². The zero-order valence-corrected chi connectivity index (χ0v) is 12.7. The van der Waals surface area contributed by atoms with Crippen molar-refractivity contribution in [3.63, 3.8) is 0 Å². The molecule has 0 aliphatic carbocycles. The zero-order valence-electron chi connectivity index (χ0n) is 11.1. The summed E-state index contributed by atoms with van der Waals surface area (Å²) in [6, 6.07) is 16.4. The fourth-order valence-corrected chi connectivity index (χ4v) is 3.11. The molecule has 0 saturated heterocycles. The van der Waals surface area contributed by atoms with Crippen LogP contribution in [0, 0.1) is 0 Å². The molecule has 3 aromatic rings. The van der Waals surface area contributed by atoms with Gasteiger partial charge in [0.2, 0.25) is 0 Å². The molecular formula is C16H15ClN2S. The average molecular weight is 303 g/mol. The van der Waals surface area contributed by atoms with Crippen molar-refractivity contribution in [3.05, 3.63) is 59.2 Å². The first-order chi connectivity index (χ1) is 9.79. The van der Waals surface area contributed by atoms with Crippen molar-refractivity contribution in [1.82, 2.24) is 4.98 Å². The Morgan fingerprint density at radius 1 is 1.10 bits per heavy atom. The number of rotatable bonds is 4. The Kier molecular flexibility index (Phi) is 3.90. The maximum atomic E-state index is 6.42. The van der Waals surface area contributed by atoms with Gasteiger partial charge in [-0.2, -0.15) is 0 Å². The molecule has 0 saturated carbocycles. The normalized spacial score (nSPS) is 10.9. The average Bonchev–Trinajstić information content (AvgIpc) is 2.82. The van der Waals surface area contributed by atoms with Gasteiger partial charge in [-0.15, -0.1) is 11.8 Å². The number of H-pyrrole nitrogens is 1. The van der Waals surface area contributed by atoms with Gasteiger partial charge in [0.25, 0.3) is 0 Å². The molecule has 2 nitrogen and oxygen atoms in total. The lowest BCUT2D eigenvalue weighted by Crippen LogP contribution is -2.01. The van der Waals surface area contributed by atoms with E-state index in [9.17, 15) is 0 Å². The highest BCUT2D eigenvalue weighted by molar-refractivity contribution is 7.98. The lowest BCUT2D eigenvalue weighted by Gasteiger charge is -2.09. The number of hydrogen-bond donors (Lipinski definition) is 2. The molecule has 0 fully saturated rings. The standard InChI is InChI=1S/C16H15ClN2S/c1-20-15-9-5-4-8-13(15)18-10-14-16(17)11-6-2-3-7-12(11)19-14/h2-9,18-19H,10H2,1H3. The third-order valence-electron chi connectivity index (χ3n) is 3.28. The molecule has 3 rings (SSSR count). The van der Waals surface area contributed by atoms with E-state index in [1.807, 2.05) is 36.4 Å². The van der Waals surface area contributed by atoms with E-state index in [0.29, 0.717) is 6.54 Å². The van der Waals surface area contributed by atoms with Crippen LogP contribution in [-0.2, 0) is 6.54 Å². The Hall–Kier alpha value is -1.58. The first-order valence-electron chi connectivity index (χ1n) is 6.41. The van der Waals surface area contributed by atoms with Crippen molar-refractivity contribution in [2.75, 3.05) is 11.6 Å². The minimum Gasteiger partial charge on any atom is -0.379 e. The molecule has 0 amide bonds. The largest absolute Gasteiger partial charge is 0.379 e. The third-order valence-corrected chi connectivity index (χ3v) is 4.50. The van der Waals surface area contributed by atoms with Crippen LogP contribution in [-0.4, -0.2) is 11.2 Å². The SMILES string of the molecule is CSc1ccccc1NCc1[nH]c2ccccc2c1Cl. The van der Waals surface area contributed by atoms with Crippen LogP contribution in [0.2, 0.25) is 5.02 Å². The summed E-state index contributed by atoms with van der Waals surface area (Å²) >= 11 is 8.15. The van der Waals surface area contributed by atoms with Gasteiger partial charge in [0.05, 0.1) is 17.3 Å². The molecular weight excluding hydrogens is 288 g/mol. The van der Waals surface area contributed by atoms with Crippen LogP contribution in [0.3, 0.4) is 0 Å². The van der Waals surface area contributed by atoms with Crippen molar-refractivity contribution in [2.24, 2.45) is 0 Å². The molecule has 102 valence electrons.